The van der Waals surface area contributed by atoms with Crippen LogP contribution < -0.4 is 42.0 Å². The van der Waals surface area contributed by atoms with Crippen LogP contribution in [0.3, 0.4) is 0 Å². The van der Waals surface area contributed by atoms with E-state index in [0.29, 0.717) is 47.4 Å². The molecule has 0 amide bonds. The number of carbonyl (C=O) groups is 2. The highest BCUT2D eigenvalue weighted by Gasteiger charge is 2.28. The van der Waals surface area contributed by atoms with Crippen LogP contribution in [0.5, 0.6) is 23.0 Å². The van der Waals surface area contributed by atoms with Crippen LogP contribution in [0, 0.1) is 13.8 Å². The van der Waals surface area contributed by atoms with Crippen molar-refractivity contribution in [2.24, 2.45) is 0 Å². The second-order valence-electron chi connectivity index (χ2n) is 22.4. The quantitative estimate of drug-likeness (QED) is 0.0186. The van der Waals surface area contributed by atoms with Gasteiger partial charge in [0.15, 0.2) is 12.2 Å². The SMILES string of the molecule is Cc1c(N)c2c(OCC(=O)O)c3c(=O)c(=O)c3cc2n1CCCCCCCCCCCCOc1ccc(C(C)(C)c2ccc(OCCCCCCCCCCCCn3c(C)c(N)c4c5oc(C(=O)O)c(O)c(=O)c5ccc43)cc2)cc1. The van der Waals surface area contributed by atoms with Gasteiger partial charge >= 0.3 is 11.9 Å². The Bertz CT molecular complexity index is 3620. The van der Waals surface area contributed by atoms with E-state index >= 15 is 0 Å². The van der Waals surface area contributed by atoms with Crippen molar-refractivity contribution in [1.82, 2.24) is 9.13 Å². The normalized spacial score (nSPS) is 12.0. The number of unbranched alkanes of at least 4 members (excludes halogenated alkanes) is 18. The van der Waals surface area contributed by atoms with Crippen molar-refractivity contribution in [3.8, 4) is 23.0 Å². The van der Waals surface area contributed by atoms with Crippen molar-refractivity contribution in [3.05, 3.63) is 126 Å². The van der Waals surface area contributed by atoms with Gasteiger partial charge in [-0.05, 0) is 93.1 Å². The van der Waals surface area contributed by atoms with Crippen molar-refractivity contribution in [3.63, 3.8) is 0 Å². The molecule has 0 unspecified atom stereocenters. The zero-order valence-electron chi connectivity index (χ0n) is 47.6. The number of hydrogen-bond donors (Lipinski definition) is 5. The minimum absolute atomic E-state index is 0.0785. The zero-order chi connectivity index (χ0) is 57.8. The van der Waals surface area contributed by atoms with Crippen molar-refractivity contribution < 1.29 is 43.5 Å². The number of aromatic hydroxyl groups is 1. The first kappa shape index (κ1) is 59.4. The van der Waals surface area contributed by atoms with E-state index in [1.165, 1.54) is 75.3 Å². The largest absolute Gasteiger partial charge is 0.501 e. The first-order valence-electron chi connectivity index (χ1n) is 29.2. The first-order valence-corrected chi connectivity index (χ1v) is 29.2. The third-order valence-corrected chi connectivity index (χ3v) is 16.4. The molecule has 432 valence electrons. The molecule has 0 spiro atoms. The van der Waals surface area contributed by atoms with Gasteiger partial charge in [-0.1, -0.05) is 141 Å². The van der Waals surface area contributed by atoms with E-state index in [-0.39, 0.29) is 32.9 Å². The highest BCUT2D eigenvalue weighted by atomic mass is 16.5. The van der Waals surface area contributed by atoms with Crippen LogP contribution in [0.25, 0.3) is 43.5 Å². The molecule has 0 fully saturated rings. The maximum atomic E-state index is 12.7. The summed E-state index contributed by atoms with van der Waals surface area (Å²) in [5, 5.41) is 30.2. The van der Waals surface area contributed by atoms with Gasteiger partial charge in [0.1, 0.15) is 17.2 Å². The van der Waals surface area contributed by atoms with Crippen LogP contribution in [0.15, 0.2) is 85.5 Å². The monoisotopic (exact) mass is 1110 g/mol. The predicted molar refractivity (Wildman–Crippen MR) is 321 cm³/mol. The number of carboxylic acid groups (broad SMARTS) is 2. The molecule has 0 saturated heterocycles. The lowest BCUT2D eigenvalue weighted by molar-refractivity contribution is -0.139. The molecule has 7 N–H and O–H groups in total. The van der Waals surface area contributed by atoms with Crippen molar-refractivity contribution in [1.29, 1.82) is 0 Å². The fourth-order valence-electron chi connectivity index (χ4n) is 11.5. The number of aryl methyl sites for hydroxylation is 2. The molecular weight excluding hydrogens is 1030 g/mol. The molecule has 8 aromatic rings. The van der Waals surface area contributed by atoms with Gasteiger partial charge < -0.3 is 54.5 Å². The topological polar surface area (TPSA) is 249 Å². The van der Waals surface area contributed by atoms with Gasteiger partial charge in [-0.3, -0.25) is 14.4 Å². The molecule has 0 aliphatic heterocycles. The van der Waals surface area contributed by atoms with Gasteiger partial charge in [-0.2, -0.15) is 0 Å². The van der Waals surface area contributed by atoms with Crippen LogP contribution >= 0.6 is 0 Å². The van der Waals surface area contributed by atoms with Gasteiger partial charge in [0, 0.05) is 35.3 Å². The number of aromatic carboxylic acids is 1. The number of hydrogen-bond acceptors (Lipinski definition) is 12. The number of rotatable bonds is 34. The molecule has 0 bridgehead atoms. The van der Waals surface area contributed by atoms with Crippen molar-refractivity contribution >= 4 is 66.9 Å². The second kappa shape index (κ2) is 27.1. The number of nitrogens with zero attached hydrogens (tertiary/aromatic N) is 2. The van der Waals surface area contributed by atoms with E-state index in [2.05, 4.69) is 71.5 Å². The summed E-state index contributed by atoms with van der Waals surface area (Å²) in [5.41, 5.74) is 17.2. The molecule has 0 radical (unpaired) electrons. The molecule has 8 rings (SSSR count). The Hall–Kier alpha value is -7.75. The number of nitrogens with two attached hydrogens (primary N) is 2. The predicted octanol–water partition coefficient (Wildman–Crippen LogP) is 13.4. The standard InChI is InChI=1S/C65H80N4O12/c1-41-55(66)53-49(34-33-47-57(72)60(75)63(64(76)77)81-61(47)53)68(41)35-21-17-13-9-5-7-11-15-19-23-37-78-45-29-25-43(26-30-45)65(3,4)44-27-31-46(32-28-44)79-38-24-20-16-12-8-6-10-14-18-22-36-69-42(2)56(67)54-50(69)39-48-52(59(74)58(48)73)62(54)80-40-51(70)71/h25-34,39,75H,5-24,35-38,40,66-67H2,1-4H3,(H,70,71)(H,76,77). The summed E-state index contributed by atoms with van der Waals surface area (Å²) in [5.74, 6) is -2.52. The summed E-state index contributed by atoms with van der Waals surface area (Å²) >= 11 is 0. The molecule has 3 aromatic heterocycles. The van der Waals surface area contributed by atoms with Gasteiger partial charge in [0.05, 0.1) is 57.2 Å². The maximum absolute atomic E-state index is 12.7. The third kappa shape index (κ3) is 13.5. The number of benzene rings is 4. The molecule has 5 aromatic carbocycles. The summed E-state index contributed by atoms with van der Waals surface area (Å²) in [4.78, 5) is 60.2. The van der Waals surface area contributed by atoms with Crippen LogP contribution in [-0.4, -0.2) is 56.2 Å². The van der Waals surface area contributed by atoms with E-state index in [1.54, 1.807) is 18.2 Å². The minimum atomic E-state index is -1.52. The number of fused-ring (bicyclic) bond motifs is 5. The minimum Gasteiger partial charge on any atom is -0.501 e. The maximum Gasteiger partial charge on any atom is 0.375 e. The summed E-state index contributed by atoms with van der Waals surface area (Å²) in [6, 6.07) is 22.0. The number of aliphatic carboxylic acids is 1. The fraction of sp³-hybridized carbons (Fsp3) is 0.462. The molecule has 0 atom stereocenters. The fourth-order valence-corrected chi connectivity index (χ4v) is 11.5. The second-order valence-corrected chi connectivity index (χ2v) is 22.4. The van der Waals surface area contributed by atoms with Crippen LogP contribution in [0.2, 0.25) is 0 Å². The smallest absolute Gasteiger partial charge is 0.375 e. The van der Waals surface area contributed by atoms with E-state index in [4.69, 9.17) is 30.1 Å². The summed E-state index contributed by atoms with van der Waals surface area (Å²) in [7, 11) is 0. The van der Waals surface area contributed by atoms with Crippen molar-refractivity contribution in [2.45, 2.75) is 175 Å². The summed E-state index contributed by atoms with van der Waals surface area (Å²) in [6.07, 6.45) is 22.7. The molecule has 0 saturated carbocycles. The third-order valence-electron chi connectivity index (χ3n) is 16.4. The average molecular weight is 1110 g/mol. The molecule has 3 heterocycles. The lowest BCUT2D eigenvalue weighted by Gasteiger charge is -2.26. The highest BCUT2D eigenvalue weighted by molar-refractivity contribution is 6.13. The van der Waals surface area contributed by atoms with Gasteiger partial charge in [-0.15, -0.1) is 0 Å². The van der Waals surface area contributed by atoms with E-state index in [1.807, 2.05) is 13.8 Å². The van der Waals surface area contributed by atoms with E-state index < -0.39 is 46.3 Å². The van der Waals surface area contributed by atoms with Crippen LogP contribution in [0.1, 0.15) is 175 Å². The first-order chi connectivity index (χ1) is 39.0. The zero-order valence-corrected chi connectivity index (χ0v) is 47.6. The summed E-state index contributed by atoms with van der Waals surface area (Å²) in [6.45, 7) is 10.5. The Kier molecular flexibility index (Phi) is 19.9. The lowest BCUT2D eigenvalue weighted by atomic mass is 9.78. The number of aromatic nitrogens is 2. The van der Waals surface area contributed by atoms with E-state index in [9.17, 15) is 39.3 Å². The molecular formula is C65H80N4O12. The lowest BCUT2D eigenvalue weighted by Crippen LogP contribution is -2.31. The molecule has 16 nitrogen and oxygen atoms in total. The molecule has 0 aliphatic rings. The highest BCUT2D eigenvalue weighted by Crippen LogP contribution is 2.41. The number of anilines is 2. The number of ether oxygens (including phenoxy) is 3. The Morgan fingerprint density at radius 2 is 0.975 bits per heavy atom. The Morgan fingerprint density at radius 3 is 1.44 bits per heavy atom. The molecule has 16 heteroatoms. The van der Waals surface area contributed by atoms with Crippen LogP contribution in [0.4, 0.5) is 11.4 Å². The molecule has 0 aliphatic carbocycles. The summed E-state index contributed by atoms with van der Waals surface area (Å²) < 4.78 is 27.5. The van der Waals surface area contributed by atoms with Gasteiger partial charge in [-0.25, -0.2) is 9.59 Å². The van der Waals surface area contributed by atoms with Gasteiger partial charge in [0.2, 0.25) is 22.0 Å². The van der Waals surface area contributed by atoms with Gasteiger partial charge in [0.25, 0.3) is 5.76 Å². The Labute approximate surface area is 472 Å². The van der Waals surface area contributed by atoms with Crippen molar-refractivity contribution in [2.75, 3.05) is 31.3 Å². The number of nitrogen functional groups attached to an aromatic ring is 2. The Balaban J connectivity index is 0.629. The average Bonchev–Trinajstić information content (AvgIpc) is 3.34. The molecule has 81 heavy (non-hydrogen) atoms. The number of carboxylic acids is 2. The van der Waals surface area contributed by atoms with Crippen LogP contribution in [-0.2, 0) is 23.3 Å². The Morgan fingerprint density at radius 1 is 0.531 bits per heavy atom. The van der Waals surface area contributed by atoms with E-state index in [0.717, 1.165) is 99.2 Å².